The first-order chi connectivity index (χ1) is 15.3. The molecule has 9 nitrogen and oxygen atoms in total. The number of benzene rings is 1. The molecule has 1 atom stereocenters. The van der Waals surface area contributed by atoms with Crippen molar-refractivity contribution in [2.45, 2.75) is 45.3 Å². The second-order valence-corrected chi connectivity index (χ2v) is 9.33. The predicted molar refractivity (Wildman–Crippen MR) is 117 cm³/mol. The number of hydrogen-bond acceptors (Lipinski definition) is 8. The Bertz CT molecular complexity index is 806. The maximum Gasteiger partial charge on any atom is 0.410 e. The molecule has 32 heavy (non-hydrogen) atoms. The van der Waals surface area contributed by atoms with Gasteiger partial charge >= 0.3 is 12.1 Å². The molecule has 1 aromatic rings. The van der Waals surface area contributed by atoms with Crippen molar-refractivity contribution in [2.24, 2.45) is 5.92 Å². The van der Waals surface area contributed by atoms with Gasteiger partial charge in [0.25, 0.3) is 10.1 Å². The molecule has 0 aromatic heterocycles. The highest BCUT2D eigenvalue weighted by Crippen LogP contribution is 2.22. The molecule has 1 aliphatic rings. The molecule has 180 valence electrons. The summed E-state index contributed by atoms with van der Waals surface area (Å²) in [5, 5.41) is 0. The third-order valence-electron chi connectivity index (χ3n) is 5.09. The molecule has 1 saturated heterocycles. The third-order valence-corrected chi connectivity index (χ3v) is 5.67. The Balaban J connectivity index is 1.61. The molecule has 0 bridgehead atoms. The van der Waals surface area contributed by atoms with Crippen LogP contribution in [-0.4, -0.2) is 70.7 Å². The standard InChI is InChI=1S/C22H33NO8S/c1-3-29-21(24)20(31-32(2,26)27)17-28-15-7-10-18-11-13-23(14-12-18)22(25)30-16-19-8-5-4-6-9-19/h4-6,8-9,18,20H,3,7,10-17H2,1-2H3/t20-/m1/s1. The Labute approximate surface area is 190 Å². The minimum absolute atomic E-state index is 0.126. The van der Waals surface area contributed by atoms with E-state index in [1.165, 1.54) is 0 Å². The van der Waals surface area contributed by atoms with E-state index < -0.39 is 22.2 Å². The fraction of sp³-hybridized carbons (Fsp3) is 0.636. The first-order valence-electron chi connectivity index (χ1n) is 10.9. The normalized spacial score (nSPS) is 15.9. The second kappa shape index (κ2) is 13.4. The van der Waals surface area contributed by atoms with Crippen LogP contribution < -0.4 is 0 Å². The van der Waals surface area contributed by atoms with Gasteiger partial charge in [-0.3, -0.25) is 4.18 Å². The quantitative estimate of drug-likeness (QED) is 0.260. The lowest BCUT2D eigenvalue weighted by Crippen LogP contribution is -2.38. The van der Waals surface area contributed by atoms with E-state index in [0.717, 1.165) is 37.5 Å². The van der Waals surface area contributed by atoms with Crippen LogP contribution in [0.1, 0.15) is 38.2 Å². The lowest BCUT2D eigenvalue weighted by Gasteiger charge is -2.31. The maximum absolute atomic E-state index is 12.2. The van der Waals surface area contributed by atoms with Crippen molar-refractivity contribution in [3.63, 3.8) is 0 Å². The molecule has 1 aromatic carbocycles. The average molecular weight is 472 g/mol. The smallest absolute Gasteiger partial charge is 0.410 e. The highest BCUT2D eigenvalue weighted by Gasteiger charge is 2.26. The molecule has 0 unspecified atom stereocenters. The van der Waals surface area contributed by atoms with Crippen LogP contribution in [0, 0.1) is 5.92 Å². The van der Waals surface area contributed by atoms with Crippen LogP contribution in [0.4, 0.5) is 4.79 Å². The van der Waals surface area contributed by atoms with Crippen LogP contribution in [-0.2, 0) is 39.9 Å². The van der Waals surface area contributed by atoms with Crippen molar-refractivity contribution in [3.05, 3.63) is 35.9 Å². The van der Waals surface area contributed by atoms with Crippen molar-refractivity contribution in [1.82, 2.24) is 4.90 Å². The number of rotatable bonds is 12. The van der Waals surface area contributed by atoms with Gasteiger partial charge in [0.05, 0.1) is 19.5 Å². The van der Waals surface area contributed by atoms with E-state index in [4.69, 9.17) is 18.4 Å². The highest BCUT2D eigenvalue weighted by atomic mass is 32.2. The van der Waals surface area contributed by atoms with Crippen molar-refractivity contribution in [1.29, 1.82) is 0 Å². The lowest BCUT2D eigenvalue weighted by molar-refractivity contribution is -0.154. The number of piperidine rings is 1. The van der Waals surface area contributed by atoms with Gasteiger partial charge in [-0.1, -0.05) is 30.3 Å². The molecule has 2 rings (SSSR count). The molecule has 0 radical (unpaired) electrons. The molecule has 1 amide bonds. The number of esters is 1. The molecule has 0 saturated carbocycles. The van der Waals surface area contributed by atoms with Crippen LogP contribution in [0.3, 0.4) is 0 Å². The summed E-state index contributed by atoms with van der Waals surface area (Å²) in [6.45, 7) is 3.54. The number of carbonyl (C=O) groups is 2. The zero-order valence-corrected chi connectivity index (χ0v) is 19.6. The summed E-state index contributed by atoms with van der Waals surface area (Å²) < 4.78 is 43.0. The number of carbonyl (C=O) groups excluding carboxylic acids is 2. The van der Waals surface area contributed by atoms with Crippen molar-refractivity contribution >= 4 is 22.2 Å². The van der Waals surface area contributed by atoms with Gasteiger partial charge in [-0.25, -0.2) is 9.59 Å². The molecular weight excluding hydrogens is 438 g/mol. The van der Waals surface area contributed by atoms with Crippen LogP contribution >= 0.6 is 0 Å². The monoisotopic (exact) mass is 471 g/mol. The molecule has 0 N–H and O–H groups in total. The summed E-state index contributed by atoms with van der Waals surface area (Å²) >= 11 is 0. The van der Waals surface area contributed by atoms with Gasteiger partial charge in [-0.05, 0) is 44.1 Å². The van der Waals surface area contributed by atoms with E-state index in [1.807, 2.05) is 30.3 Å². The van der Waals surface area contributed by atoms with Crippen LogP contribution in [0.5, 0.6) is 0 Å². The SMILES string of the molecule is CCOC(=O)[C@@H](COCCCC1CCN(C(=O)OCc2ccccc2)CC1)OS(C)(=O)=O. The van der Waals surface area contributed by atoms with E-state index >= 15 is 0 Å². The molecular formula is C22H33NO8S. The molecule has 1 heterocycles. The summed E-state index contributed by atoms with van der Waals surface area (Å²) in [5.74, 6) is -0.283. The molecule has 0 aliphatic carbocycles. The summed E-state index contributed by atoms with van der Waals surface area (Å²) in [7, 11) is -3.80. The topological polar surface area (TPSA) is 108 Å². The minimum Gasteiger partial charge on any atom is -0.464 e. The molecule has 0 spiro atoms. The van der Waals surface area contributed by atoms with Gasteiger partial charge in [0, 0.05) is 19.7 Å². The van der Waals surface area contributed by atoms with Gasteiger partial charge in [0.1, 0.15) is 6.61 Å². The van der Waals surface area contributed by atoms with Crippen molar-refractivity contribution in [3.8, 4) is 0 Å². The lowest BCUT2D eigenvalue weighted by atomic mass is 9.92. The molecule has 1 aliphatic heterocycles. The number of amides is 1. The first kappa shape index (κ1) is 26.1. The summed E-state index contributed by atoms with van der Waals surface area (Å²) in [6, 6.07) is 9.58. The Morgan fingerprint density at radius 3 is 2.44 bits per heavy atom. The Morgan fingerprint density at radius 2 is 1.81 bits per heavy atom. The predicted octanol–water partition coefficient (Wildman–Crippen LogP) is 2.74. The zero-order chi connectivity index (χ0) is 23.4. The zero-order valence-electron chi connectivity index (χ0n) is 18.7. The summed E-state index contributed by atoms with van der Waals surface area (Å²) in [6.07, 6.45) is 2.76. The number of nitrogens with zero attached hydrogens (tertiary/aromatic N) is 1. The number of ether oxygens (including phenoxy) is 3. The van der Waals surface area contributed by atoms with E-state index in [2.05, 4.69) is 0 Å². The van der Waals surface area contributed by atoms with Crippen molar-refractivity contribution < 1.29 is 36.4 Å². The number of likely N-dealkylation sites (tertiary alicyclic amines) is 1. The van der Waals surface area contributed by atoms with Gasteiger partial charge < -0.3 is 19.1 Å². The van der Waals surface area contributed by atoms with Crippen LogP contribution in [0.2, 0.25) is 0 Å². The Hall–Kier alpha value is -2.17. The fourth-order valence-electron chi connectivity index (χ4n) is 3.46. The van der Waals surface area contributed by atoms with Crippen LogP contribution in [0.15, 0.2) is 30.3 Å². The van der Waals surface area contributed by atoms with E-state index in [1.54, 1.807) is 11.8 Å². The second-order valence-electron chi connectivity index (χ2n) is 7.73. The molecule has 10 heteroatoms. The van der Waals surface area contributed by atoms with Gasteiger partial charge in [0.15, 0.2) is 6.10 Å². The summed E-state index contributed by atoms with van der Waals surface area (Å²) in [4.78, 5) is 25.8. The van der Waals surface area contributed by atoms with E-state index in [0.29, 0.717) is 25.6 Å². The maximum atomic E-state index is 12.2. The van der Waals surface area contributed by atoms with Gasteiger partial charge in [-0.15, -0.1) is 0 Å². The third kappa shape index (κ3) is 9.97. The van der Waals surface area contributed by atoms with E-state index in [9.17, 15) is 18.0 Å². The highest BCUT2D eigenvalue weighted by molar-refractivity contribution is 7.86. The van der Waals surface area contributed by atoms with Crippen LogP contribution in [0.25, 0.3) is 0 Å². The average Bonchev–Trinajstić information content (AvgIpc) is 2.77. The van der Waals surface area contributed by atoms with E-state index in [-0.39, 0.29) is 25.9 Å². The molecule has 1 fully saturated rings. The number of hydrogen-bond donors (Lipinski definition) is 0. The fourth-order valence-corrected chi connectivity index (χ4v) is 4.02. The van der Waals surface area contributed by atoms with Gasteiger partial charge in [0.2, 0.25) is 0 Å². The first-order valence-corrected chi connectivity index (χ1v) is 12.7. The minimum atomic E-state index is -3.80. The van der Waals surface area contributed by atoms with Crippen molar-refractivity contribution in [2.75, 3.05) is 39.2 Å². The Kier molecular flexibility index (Phi) is 10.9. The Morgan fingerprint density at radius 1 is 1.12 bits per heavy atom. The largest absolute Gasteiger partial charge is 0.464 e. The summed E-state index contributed by atoms with van der Waals surface area (Å²) in [5.41, 5.74) is 0.961. The van der Waals surface area contributed by atoms with Gasteiger partial charge in [-0.2, -0.15) is 8.42 Å².